The van der Waals surface area contributed by atoms with Gasteiger partial charge in [0.15, 0.2) is 0 Å². The molecule has 1 nitrogen and oxygen atoms in total. The fraction of sp³-hybridized carbons (Fsp3) is 0.467. The number of rotatable bonds is 1. The average molecular weight is 248 g/mol. The van der Waals surface area contributed by atoms with Crippen LogP contribution in [0.25, 0.3) is 0 Å². The van der Waals surface area contributed by atoms with Gasteiger partial charge in [-0.05, 0) is 30.9 Å². The van der Waals surface area contributed by atoms with E-state index in [4.69, 9.17) is 11.6 Å². The molecule has 0 amide bonds. The summed E-state index contributed by atoms with van der Waals surface area (Å²) < 4.78 is 0. The minimum atomic E-state index is 0.513. The molecule has 2 fully saturated rings. The van der Waals surface area contributed by atoms with Crippen LogP contribution in [0.1, 0.15) is 31.2 Å². The van der Waals surface area contributed by atoms with E-state index in [1.54, 1.807) is 0 Å². The predicted molar refractivity (Wildman–Crippen MR) is 72.3 cm³/mol. The van der Waals surface area contributed by atoms with Crippen molar-refractivity contribution in [3.63, 3.8) is 0 Å². The maximum Gasteiger partial charge on any atom is 0.0229 e. The molecule has 0 aromatic heterocycles. The van der Waals surface area contributed by atoms with E-state index in [1.165, 1.54) is 24.0 Å². The molecule has 2 heterocycles. The molecule has 3 atom stereocenters. The second-order valence-corrected chi connectivity index (χ2v) is 5.46. The molecule has 0 N–H and O–H groups in total. The van der Waals surface area contributed by atoms with Crippen LogP contribution in [0.15, 0.2) is 41.4 Å². The van der Waals surface area contributed by atoms with Crippen molar-refractivity contribution in [3.05, 3.63) is 47.0 Å². The molecule has 2 saturated heterocycles. The standard InChI is InChI=1S/C15H18ClN/c1-11-7-8-14-15(12-5-3-2-4-6-12)13(9-16)10-17(11)14/h2-6,9,11,14-15H,7-8,10H2,1H3/b13-9-/t11-,14+,15-/m0/s1. The second-order valence-electron chi connectivity index (χ2n) is 5.24. The molecule has 0 aliphatic carbocycles. The van der Waals surface area contributed by atoms with Gasteiger partial charge in [-0.1, -0.05) is 41.9 Å². The minimum absolute atomic E-state index is 0.513. The fourth-order valence-electron chi connectivity index (χ4n) is 3.46. The van der Waals surface area contributed by atoms with Gasteiger partial charge in [0.1, 0.15) is 0 Å². The average Bonchev–Trinajstić information content (AvgIpc) is 2.90. The Morgan fingerprint density at radius 3 is 2.71 bits per heavy atom. The molecule has 90 valence electrons. The lowest BCUT2D eigenvalue weighted by atomic mass is 9.88. The third kappa shape index (κ3) is 1.82. The zero-order valence-corrected chi connectivity index (χ0v) is 10.9. The van der Waals surface area contributed by atoms with Crippen LogP contribution in [-0.2, 0) is 0 Å². The highest BCUT2D eigenvalue weighted by Gasteiger charge is 2.43. The minimum Gasteiger partial charge on any atom is -0.293 e. The van der Waals surface area contributed by atoms with Crippen molar-refractivity contribution in [1.29, 1.82) is 0 Å². The van der Waals surface area contributed by atoms with E-state index in [2.05, 4.69) is 42.2 Å². The quantitative estimate of drug-likeness (QED) is 0.731. The largest absolute Gasteiger partial charge is 0.293 e. The highest BCUT2D eigenvalue weighted by molar-refractivity contribution is 6.25. The maximum absolute atomic E-state index is 6.02. The van der Waals surface area contributed by atoms with Crippen molar-refractivity contribution in [2.45, 2.75) is 37.8 Å². The van der Waals surface area contributed by atoms with Crippen molar-refractivity contribution in [2.75, 3.05) is 6.54 Å². The van der Waals surface area contributed by atoms with Gasteiger partial charge in [-0.25, -0.2) is 0 Å². The number of benzene rings is 1. The summed E-state index contributed by atoms with van der Waals surface area (Å²) in [4.78, 5) is 2.62. The van der Waals surface area contributed by atoms with E-state index in [0.29, 0.717) is 18.0 Å². The SMILES string of the molecule is C[C@H]1CC[C@@H]2[C@@H](c3ccccc3)/C(=C\Cl)CN21. The summed E-state index contributed by atoms with van der Waals surface area (Å²) in [6.45, 7) is 3.38. The molecule has 2 heteroatoms. The first-order chi connectivity index (χ1) is 8.31. The monoisotopic (exact) mass is 247 g/mol. The zero-order chi connectivity index (χ0) is 11.8. The van der Waals surface area contributed by atoms with Gasteiger partial charge in [0, 0.05) is 30.1 Å². The van der Waals surface area contributed by atoms with Gasteiger partial charge in [-0.3, -0.25) is 4.90 Å². The summed E-state index contributed by atoms with van der Waals surface area (Å²) in [5, 5.41) is 0. The summed E-state index contributed by atoms with van der Waals surface area (Å²) in [7, 11) is 0. The zero-order valence-electron chi connectivity index (χ0n) is 10.1. The summed E-state index contributed by atoms with van der Waals surface area (Å²) in [6.07, 6.45) is 2.62. The molecular formula is C15H18ClN. The van der Waals surface area contributed by atoms with Crippen LogP contribution >= 0.6 is 11.6 Å². The summed E-state index contributed by atoms with van der Waals surface area (Å²) >= 11 is 6.02. The maximum atomic E-state index is 6.02. The van der Waals surface area contributed by atoms with Crippen LogP contribution in [-0.4, -0.2) is 23.5 Å². The van der Waals surface area contributed by atoms with Gasteiger partial charge in [0.2, 0.25) is 0 Å². The van der Waals surface area contributed by atoms with E-state index >= 15 is 0 Å². The Balaban J connectivity index is 1.97. The number of hydrogen-bond donors (Lipinski definition) is 0. The van der Waals surface area contributed by atoms with Gasteiger partial charge in [-0.15, -0.1) is 0 Å². The molecule has 0 radical (unpaired) electrons. The smallest absolute Gasteiger partial charge is 0.0229 e. The van der Waals surface area contributed by atoms with Crippen molar-refractivity contribution in [3.8, 4) is 0 Å². The van der Waals surface area contributed by atoms with Crippen molar-refractivity contribution in [2.24, 2.45) is 0 Å². The first-order valence-electron chi connectivity index (χ1n) is 6.41. The van der Waals surface area contributed by atoms with Crippen molar-refractivity contribution in [1.82, 2.24) is 4.90 Å². The highest BCUT2D eigenvalue weighted by Crippen LogP contribution is 2.45. The van der Waals surface area contributed by atoms with Gasteiger partial charge < -0.3 is 0 Å². The predicted octanol–water partition coefficient (Wildman–Crippen LogP) is 3.76. The van der Waals surface area contributed by atoms with Gasteiger partial charge in [0.05, 0.1) is 0 Å². The molecule has 3 rings (SSSR count). The van der Waals surface area contributed by atoms with E-state index in [1.807, 2.05) is 5.54 Å². The number of halogens is 1. The first-order valence-corrected chi connectivity index (χ1v) is 6.84. The summed E-state index contributed by atoms with van der Waals surface area (Å²) in [5.41, 5.74) is 4.61. The molecule has 0 spiro atoms. The number of fused-ring (bicyclic) bond motifs is 1. The van der Waals surface area contributed by atoms with Crippen LogP contribution in [0.3, 0.4) is 0 Å². The van der Waals surface area contributed by atoms with Gasteiger partial charge in [0.25, 0.3) is 0 Å². The van der Waals surface area contributed by atoms with Crippen LogP contribution < -0.4 is 0 Å². The summed E-state index contributed by atoms with van der Waals surface area (Å²) in [5.74, 6) is 0.513. The fourth-order valence-corrected chi connectivity index (χ4v) is 3.66. The van der Waals surface area contributed by atoms with Crippen LogP contribution in [0.4, 0.5) is 0 Å². The van der Waals surface area contributed by atoms with Crippen LogP contribution in [0, 0.1) is 0 Å². The first kappa shape index (κ1) is 11.3. The lowest BCUT2D eigenvalue weighted by Gasteiger charge is -2.22. The Kier molecular flexibility index (Phi) is 2.97. The number of hydrogen-bond acceptors (Lipinski definition) is 1. The lowest BCUT2D eigenvalue weighted by molar-refractivity contribution is 0.254. The van der Waals surface area contributed by atoms with Gasteiger partial charge >= 0.3 is 0 Å². The number of nitrogens with zero attached hydrogens (tertiary/aromatic N) is 1. The molecule has 0 bridgehead atoms. The molecule has 1 aromatic rings. The van der Waals surface area contributed by atoms with E-state index in [0.717, 1.165) is 6.54 Å². The van der Waals surface area contributed by atoms with Crippen LogP contribution in [0.5, 0.6) is 0 Å². The van der Waals surface area contributed by atoms with Crippen molar-refractivity contribution < 1.29 is 0 Å². The van der Waals surface area contributed by atoms with E-state index in [-0.39, 0.29) is 0 Å². The third-order valence-corrected chi connectivity index (χ3v) is 4.60. The second kappa shape index (κ2) is 4.47. The Hall–Kier alpha value is -0.790. The molecule has 0 saturated carbocycles. The van der Waals surface area contributed by atoms with Crippen molar-refractivity contribution >= 4 is 11.6 Å². The topological polar surface area (TPSA) is 3.24 Å². The Labute approximate surface area is 108 Å². The third-order valence-electron chi connectivity index (χ3n) is 4.32. The molecule has 2 aliphatic heterocycles. The van der Waals surface area contributed by atoms with Gasteiger partial charge in [-0.2, -0.15) is 0 Å². The molecule has 1 aromatic carbocycles. The Morgan fingerprint density at radius 2 is 2.00 bits per heavy atom. The lowest BCUT2D eigenvalue weighted by Crippen LogP contribution is -2.30. The molecule has 0 unspecified atom stereocenters. The van der Waals surface area contributed by atoms with E-state index < -0.39 is 0 Å². The Bertz CT molecular complexity index is 426. The van der Waals surface area contributed by atoms with Crippen LogP contribution in [0.2, 0.25) is 0 Å². The normalized spacial score (nSPS) is 35.4. The van der Waals surface area contributed by atoms with E-state index in [9.17, 15) is 0 Å². The molecule has 2 aliphatic rings. The molecule has 17 heavy (non-hydrogen) atoms. The molecular weight excluding hydrogens is 230 g/mol. The highest BCUT2D eigenvalue weighted by atomic mass is 35.5. The summed E-state index contributed by atoms with van der Waals surface area (Å²) in [6, 6.07) is 12.2. The Morgan fingerprint density at radius 1 is 1.24 bits per heavy atom.